The minimum Gasteiger partial charge on any atom is -0.377 e. The van der Waals surface area contributed by atoms with Crippen LogP contribution < -0.4 is 10.6 Å². The number of benzene rings is 1. The van der Waals surface area contributed by atoms with Gasteiger partial charge in [0.05, 0.1) is 12.6 Å². The van der Waals surface area contributed by atoms with Crippen LogP contribution in [0.4, 0.5) is 0 Å². The molecule has 2 atom stereocenters. The summed E-state index contributed by atoms with van der Waals surface area (Å²) in [5.74, 6) is 1.40. The van der Waals surface area contributed by atoms with Gasteiger partial charge in [-0.05, 0) is 49.9 Å². The average Bonchev–Trinajstić information content (AvgIpc) is 2.69. The Morgan fingerprint density at radius 2 is 1.97 bits per heavy atom. The first-order valence-corrected chi connectivity index (χ1v) is 11.2. The molecule has 0 aliphatic carbocycles. The van der Waals surface area contributed by atoms with Gasteiger partial charge in [0.1, 0.15) is 0 Å². The van der Waals surface area contributed by atoms with E-state index in [1.54, 1.807) is 0 Å². The molecular weight excluding hydrogens is 360 g/mol. The van der Waals surface area contributed by atoms with Crippen LogP contribution in [0.5, 0.6) is 0 Å². The Balaban J connectivity index is 1.98. The highest BCUT2D eigenvalue weighted by Gasteiger charge is 2.35. The Morgan fingerprint density at radius 1 is 1.21 bits per heavy atom. The molecule has 0 bridgehead atoms. The molecule has 0 spiro atoms. The van der Waals surface area contributed by atoms with Crippen LogP contribution in [-0.4, -0.2) is 50.3 Å². The van der Waals surface area contributed by atoms with Crippen molar-refractivity contribution in [1.82, 2.24) is 15.5 Å². The molecule has 0 amide bonds. The van der Waals surface area contributed by atoms with Gasteiger partial charge in [-0.3, -0.25) is 0 Å². The highest BCUT2D eigenvalue weighted by atomic mass is 16.5. The second-order valence-electron chi connectivity index (χ2n) is 9.29. The topological polar surface area (TPSA) is 48.9 Å². The third-order valence-corrected chi connectivity index (χ3v) is 5.58. The molecule has 1 aromatic rings. The monoisotopic (exact) mass is 402 g/mol. The zero-order chi connectivity index (χ0) is 21.3. The summed E-state index contributed by atoms with van der Waals surface area (Å²) in [5.41, 5.74) is 2.75. The highest BCUT2D eigenvalue weighted by Crippen LogP contribution is 2.33. The van der Waals surface area contributed by atoms with E-state index in [9.17, 15) is 0 Å². The Morgan fingerprint density at radius 3 is 2.66 bits per heavy atom. The maximum atomic E-state index is 6.13. The van der Waals surface area contributed by atoms with E-state index in [0.29, 0.717) is 18.6 Å². The number of rotatable bonds is 8. The van der Waals surface area contributed by atoms with Crippen LogP contribution in [0, 0.1) is 11.3 Å². The Hall–Kier alpha value is -1.59. The molecule has 0 aromatic heterocycles. The highest BCUT2D eigenvalue weighted by molar-refractivity contribution is 5.79. The van der Waals surface area contributed by atoms with Gasteiger partial charge in [0, 0.05) is 32.2 Å². The van der Waals surface area contributed by atoms with Gasteiger partial charge in [-0.25, -0.2) is 4.99 Å². The first kappa shape index (κ1) is 23.7. The van der Waals surface area contributed by atoms with Crippen LogP contribution in [0.15, 0.2) is 29.3 Å². The third-order valence-electron chi connectivity index (χ3n) is 5.58. The maximum Gasteiger partial charge on any atom is 0.191 e. The molecule has 5 heteroatoms. The van der Waals surface area contributed by atoms with E-state index < -0.39 is 0 Å². The second kappa shape index (κ2) is 11.6. The molecule has 1 aliphatic rings. The minimum absolute atomic E-state index is 0.161. The summed E-state index contributed by atoms with van der Waals surface area (Å²) in [4.78, 5) is 7.15. The summed E-state index contributed by atoms with van der Waals surface area (Å²) in [7, 11) is 2.15. The van der Waals surface area contributed by atoms with E-state index in [-0.39, 0.29) is 5.41 Å². The van der Waals surface area contributed by atoms with Gasteiger partial charge >= 0.3 is 0 Å². The van der Waals surface area contributed by atoms with Crippen molar-refractivity contribution < 1.29 is 4.74 Å². The number of guanidine groups is 1. The van der Waals surface area contributed by atoms with Gasteiger partial charge in [0.25, 0.3) is 0 Å². The first-order valence-electron chi connectivity index (χ1n) is 11.2. The molecule has 5 nitrogen and oxygen atoms in total. The van der Waals surface area contributed by atoms with E-state index >= 15 is 0 Å². The SMILES string of the molecule is CCNC(=NCc1cccc(CN(C)CC)c1)NCC1CCCOC1C(C)(C)C. The van der Waals surface area contributed by atoms with E-state index in [4.69, 9.17) is 9.73 Å². The van der Waals surface area contributed by atoms with Crippen LogP contribution in [0.3, 0.4) is 0 Å². The van der Waals surface area contributed by atoms with Gasteiger partial charge in [-0.1, -0.05) is 52.0 Å². The van der Waals surface area contributed by atoms with Crippen molar-refractivity contribution in [2.24, 2.45) is 16.3 Å². The predicted octanol–water partition coefficient (Wildman–Crippen LogP) is 4.03. The molecule has 1 saturated heterocycles. The molecule has 0 radical (unpaired) electrons. The summed E-state index contributed by atoms with van der Waals surface area (Å²) < 4.78 is 6.13. The summed E-state index contributed by atoms with van der Waals surface area (Å²) in [6, 6.07) is 8.76. The van der Waals surface area contributed by atoms with Crippen molar-refractivity contribution in [1.29, 1.82) is 0 Å². The van der Waals surface area contributed by atoms with Gasteiger partial charge in [-0.2, -0.15) is 0 Å². The number of ether oxygens (including phenoxy) is 1. The summed E-state index contributed by atoms with van der Waals surface area (Å²) in [5, 5.41) is 6.96. The van der Waals surface area contributed by atoms with Crippen LogP contribution in [0.2, 0.25) is 0 Å². The van der Waals surface area contributed by atoms with Crippen LogP contribution >= 0.6 is 0 Å². The van der Waals surface area contributed by atoms with Crippen molar-refractivity contribution in [3.63, 3.8) is 0 Å². The fraction of sp³-hybridized carbons (Fsp3) is 0.708. The van der Waals surface area contributed by atoms with Crippen molar-refractivity contribution in [3.05, 3.63) is 35.4 Å². The zero-order valence-corrected chi connectivity index (χ0v) is 19.4. The van der Waals surface area contributed by atoms with E-state index in [1.807, 2.05) is 0 Å². The lowest BCUT2D eigenvalue weighted by molar-refractivity contribution is -0.0835. The summed E-state index contributed by atoms with van der Waals surface area (Å²) in [6.07, 6.45) is 2.64. The van der Waals surface area contributed by atoms with E-state index in [2.05, 4.69) is 81.5 Å². The lowest BCUT2D eigenvalue weighted by Gasteiger charge is -2.40. The number of nitrogens with one attached hydrogen (secondary N) is 2. The molecule has 29 heavy (non-hydrogen) atoms. The van der Waals surface area contributed by atoms with Crippen molar-refractivity contribution in [3.8, 4) is 0 Å². The van der Waals surface area contributed by atoms with Crippen LogP contribution in [0.25, 0.3) is 0 Å². The first-order chi connectivity index (χ1) is 13.8. The minimum atomic E-state index is 0.161. The number of nitrogens with zero attached hydrogens (tertiary/aromatic N) is 2. The van der Waals surface area contributed by atoms with Gasteiger partial charge in [0.15, 0.2) is 5.96 Å². The molecule has 0 saturated carbocycles. The summed E-state index contributed by atoms with van der Waals surface area (Å²) >= 11 is 0. The molecule has 1 aromatic carbocycles. The second-order valence-corrected chi connectivity index (χ2v) is 9.29. The molecular formula is C24H42N4O. The maximum absolute atomic E-state index is 6.13. The fourth-order valence-corrected chi connectivity index (χ4v) is 4.00. The average molecular weight is 403 g/mol. The predicted molar refractivity (Wildman–Crippen MR) is 123 cm³/mol. The molecule has 1 fully saturated rings. The Labute approximate surface area is 178 Å². The van der Waals surface area contributed by atoms with Crippen LogP contribution in [0.1, 0.15) is 58.6 Å². The zero-order valence-electron chi connectivity index (χ0n) is 19.4. The van der Waals surface area contributed by atoms with Crippen molar-refractivity contribution in [2.45, 2.75) is 66.7 Å². The summed E-state index contributed by atoms with van der Waals surface area (Å²) in [6.45, 7) is 16.5. The molecule has 2 unspecified atom stereocenters. The number of hydrogen-bond acceptors (Lipinski definition) is 3. The lowest BCUT2D eigenvalue weighted by atomic mass is 9.78. The Kier molecular flexibility index (Phi) is 9.44. The number of aliphatic imine (C=N–C) groups is 1. The molecule has 2 N–H and O–H groups in total. The van der Waals surface area contributed by atoms with E-state index in [0.717, 1.165) is 45.2 Å². The molecule has 2 rings (SSSR count). The van der Waals surface area contributed by atoms with Gasteiger partial charge in [0.2, 0.25) is 0 Å². The van der Waals surface area contributed by atoms with Gasteiger partial charge < -0.3 is 20.3 Å². The van der Waals surface area contributed by atoms with E-state index in [1.165, 1.54) is 17.5 Å². The van der Waals surface area contributed by atoms with Gasteiger partial charge in [-0.15, -0.1) is 0 Å². The lowest BCUT2D eigenvalue weighted by Crippen LogP contribution is -2.47. The molecule has 164 valence electrons. The molecule has 1 aliphatic heterocycles. The van der Waals surface area contributed by atoms with Crippen molar-refractivity contribution >= 4 is 5.96 Å². The largest absolute Gasteiger partial charge is 0.377 e. The van der Waals surface area contributed by atoms with Crippen molar-refractivity contribution in [2.75, 3.05) is 33.3 Å². The molecule has 1 heterocycles. The van der Waals surface area contributed by atoms with Crippen LogP contribution in [-0.2, 0) is 17.8 Å². The number of hydrogen-bond donors (Lipinski definition) is 2. The Bertz CT molecular complexity index is 638. The standard InChI is InChI=1S/C24H42N4O/c1-7-25-23(27-17-21-13-10-14-29-22(21)24(3,4)5)26-16-19-11-9-12-20(15-19)18-28(6)8-2/h9,11-12,15,21-22H,7-8,10,13-14,16-18H2,1-6H3,(H2,25,26,27). The smallest absolute Gasteiger partial charge is 0.191 e. The quantitative estimate of drug-likeness (QED) is 0.509. The fourth-order valence-electron chi connectivity index (χ4n) is 4.00. The normalized spacial score (nSPS) is 20.7. The third kappa shape index (κ3) is 7.98.